The standard InChI is InChI=1S/C18H19ClN2O3/c1-12-10-13(19)2-4-15(12)21-18(22)6-7-20-14-3-5-16-17(11-14)24-9-8-23-16/h2-5,10-11,20H,6-9H2,1H3,(H,21,22). The highest BCUT2D eigenvalue weighted by molar-refractivity contribution is 6.30. The average molecular weight is 347 g/mol. The number of benzene rings is 2. The number of ether oxygens (including phenoxy) is 2. The second-order valence-electron chi connectivity index (χ2n) is 5.54. The number of hydrogen-bond donors (Lipinski definition) is 2. The topological polar surface area (TPSA) is 59.6 Å². The van der Waals surface area contributed by atoms with Crippen molar-refractivity contribution in [1.29, 1.82) is 0 Å². The molecule has 2 aromatic rings. The van der Waals surface area contributed by atoms with E-state index in [4.69, 9.17) is 21.1 Å². The molecule has 2 aromatic carbocycles. The number of carbonyl (C=O) groups excluding carboxylic acids is 1. The van der Waals surface area contributed by atoms with Crippen molar-refractivity contribution in [3.05, 3.63) is 47.0 Å². The van der Waals surface area contributed by atoms with E-state index in [-0.39, 0.29) is 5.91 Å². The van der Waals surface area contributed by atoms with Gasteiger partial charge >= 0.3 is 0 Å². The molecule has 5 nitrogen and oxygen atoms in total. The van der Waals surface area contributed by atoms with Gasteiger partial charge in [0.2, 0.25) is 5.91 Å². The zero-order chi connectivity index (χ0) is 16.9. The Labute approximate surface area is 145 Å². The Balaban J connectivity index is 1.50. The maximum Gasteiger partial charge on any atom is 0.226 e. The first-order valence-electron chi connectivity index (χ1n) is 7.81. The van der Waals surface area contributed by atoms with Crippen LogP contribution in [0.5, 0.6) is 11.5 Å². The van der Waals surface area contributed by atoms with Gasteiger partial charge in [-0.25, -0.2) is 0 Å². The largest absolute Gasteiger partial charge is 0.486 e. The van der Waals surface area contributed by atoms with Gasteiger partial charge in [-0.3, -0.25) is 4.79 Å². The van der Waals surface area contributed by atoms with E-state index in [0.717, 1.165) is 28.4 Å². The number of rotatable bonds is 5. The van der Waals surface area contributed by atoms with Crippen molar-refractivity contribution in [2.45, 2.75) is 13.3 Å². The second-order valence-corrected chi connectivity index (χ2v) is 5.98. The lowest BCUT2D eigenvalue weighted by atomic mass is 10.2. The molecule has 1 amide bonds. The van der Waals surface area contributed by atoms with E-state index in [1.807, 2.05) is 37.3 Å². The number of nitrogens with one attached hydrogen (secondary N) is 2. The quantitative estimate of drug-likeness (QED) is 0.863. The molecule has 0 spiro atoms. The Morgan fingerprint density at radius 2 is 1.92 bits per heavy atom. The van der Waals surface area contributed by atoms with E-state index in [1.165, 1.54) is 0 Å². The fourth-order valence-corrected chi connectivity index (χ4v) is 2.68. The lowest BCUT2D eigenvalue weighted by Crippen LogP contribution is -2.17. The zero-order valence-corrected chi connectivity index (χ0v) is 14.2. The summed E-state index contributed by atoms with van der Waals surface area (Å²) < 4.78 is 11.0. The normalized spacial score (nSPS) is 12.6. The summed E-state index contributed by atoms with van der Waals surface area (Å²) in [6.45, 7) is 3.57. The Bertz CT molecular complexity index is 749. The Kier molecular flexibility index (Phi) is 5.11. The highest BCUT2D eigenvalue weighted by atomic mass is 35.5. The number of carbonyl (C=O) groups is 1. The summed E-state index contributed by atoms with van der Waals surface area (Å²) in [5, 5.41) is 6.77. The molecule has 1 aliphatic heterocycles. The molecular weight excluding hydrogens is 328 g/mol. The number of aryl methyl sites for hydroxylation is 1. The van der Waals surface area contributed by atoms with Gasteiger partial charge in [-0.2, -0.15) is 0 Å². The van der Waals surface area contributed by atoms with Crippen LogP contribution < -0.4 is 20.1 Å². The molecule has 1 heterocycles. The molecule has 0 unspecified atom stereocenters. The minimum atomic E-state index is -0.0505. The smallest absolute Gasteiger partial charge is 0.226 e. The summed E-state index contributed by atoms with van der Waals surface area (Å²) in [4.78, 5) is 12.0. The van der Waals surface area contributed by atoms with Gasteiger partial charge in [0.25, 0.3) is 0 Å². The van der Waals surface area contributed by atoms with Gasteiger partial charge in [0, 0.05) is 35.4 Å². The van der Waals surface area contributed by atoms with Crippen molar-refractivity contribution in [2.24, 2.45) is 0 Å². The first kappa shape index (κ1) is 16.5. The SMILES string of the molecule is Cc1cc(Cl)ccc1NC(=O)CCNc1ccc2c(c1)OCCO2. The van der Waals surface area contributed by atoms with Crippen LogP contribution in [0.1, 0.15) is 12.0 Å². The third-order valence-corrected chi connectivity index (χ3v) is 3.92. The first-order chi connectivity index (χ1) is 11.6. The number of fused-ring (bicyclic) bond motifs is 1. The van der Waals surface area contributed by atoms with E-state index in [9.17, 15) is 4.79 Å². The van der Waals surface area contributed by atoms with Crippen LogP contribution in [0, 0.1) is 6.92 Å². The molecule has 24 heavy (non-hydrogen) atoms. The third-order valence-electron chi connectivity index (χ3n) is 3.69. The minimum absolute atomic E-state index is 0.0505. The summed E-state index contributed by atoms with van der Waals surface area (Å²) in [5.41, 5.74) is 2.62. The van der Waals surface area contributed by atoms with Gasteiger partial charge in [0.15, 0.2) is 11.5 Å². The minimum Gasteiger partial charge on any atom is -0.486 e. The molecule has 0 saturated heterocycles. The molecular formula is C18H19ClN2O3. The lowest BCUT2D eigenvalue weighted by molar-refractivity contribution is -0.115. The molecule has 0 saturated carbocycles. The molecule has 2 N–H and O–H groups in total. The molecule has 126 valence electrons. The van der Waals surface area contributed by atoms with Gasteiger partial charge < -0.3 is 20.1 Å². The summed E-state index contributed by atoms with van der Waals surface area (Å²) >= 11 is 5.91. The van der Waals surface area contributed by atoms with Gasteiger partial charge in [0.05, 0.1) is 0 Å². The highest BCUT2D eigenvalue weighted by Crippen LogP contribution is 2.32. The van der Waals surface area contributed by atoms with Crippen LogP contribution in [0.3, 0.4) is 0 Å². The van der Waals surface area contributed by atoms with Crippen molar-refractivity contribution >= 4 is 28.9 Å². The molecule has 0 fully saturated rings. The Morgan fingerprint density at radius 3 is 2.71 bits per heavy atom. The summed E-state index contributed by atoms with van der Waals surface area (Å²) in [6, 6.07) is 11.1. The Hall–Kier alpha value is -2.40. The van der Waals surface area contributed by atoms with E-state index in [1.54, 1.807) is 6.07 Å². The average Bonchev–Trinajstić information content (AvgIpc) is 2.57. The van der Waals surface area contributed by atoms with Gasteiger partial charge in [-0.1, -0.05) is 11.6 Å². The maximum atomic E-state index is 12.0. The van der Waals surface area contributed by atoms with Crippen LogP contribution in [0.2, 0.25) is 5.02 Å². The maximum absolute atomic E-state index is 12.0. The molecule has 6 heteroatoms. The summed E-state index contributed by atoms with van der Waals surface area (Å²) in [7, 11) is 0. The number of amides is 1. The molecule has 0 bridgehead atoms. The number of halogens is 1. The van der Waals surface area contributed by atoms with Crippen molar-refractivity contribution < 1.29 is 14.3 Å². The predicted molar refractivity (Wildman–Crippen MR) is 95.4 cm³/mol. The molecule has 0 aliphatic carbocycles. The second kappa shape index (κ2) is 7.45. The molecule has 0 atom stereocenters. The third kappa shape index (κ3) is 4.11. The first-order valence-corrected chi connectivity index (χ1v) is 8.19. The molecule has 0 aromatic heterocycles. The van der Waals surface area contributed by atoms with E-state index in [2.05, 4.69) is 10.6 Å². The van der Waals surface area contributed by atoms with Gasteiger partial charge in [-0.15, -0.1) is 0 Å². The Morgan fingerprint density at radius 1 is 1.12 bits per heavy atom. The van der Waals surface area contributed by atoms with E-state index < -0.39 is 0 Å². The highest BCUT2D eigenvalue weighted by Gasteiger charge is 2.11. The van der Waals surface area contributed by atoms with Crippen LogP contribution in [-0.4, -0.2) is 25.7 Å². The van der Waals surface area contributed by atoms with Crippen LogP contribution in [-0.2, 0) is 4.79 Å². The number of hydrogen-bond acceptors (Lipinski definition) is 4. The van der Waals surface area contributed by atoms with Gasteiger partial charge in [0.1, 0.15) is 13.2 Å². The van der Waals surface area contributed by atoms with Crippen LogP contribution >= 0.6 is 11.6 Å². The molecule has 3 rings (SSSR count). The fraction of sp³-hybridized carbons (Fsp3) is 0.278. The van der Waals surface area contributed by atoms with E-state index in [0.29, 0.717) is 31.2 Å². The van der Waals surface area contributed by atoms with Crippen LogP contribution in [0.25, 0.3) is 0 Å². The molecule has 1 aliphatic rings. The van der Waals surface area contributed by atoms with Crippen molar-refractivity contribution in [3.63, 3.8) is 0 Å². The van der Waals surface area contributed by atoms with Crippen molar-refractivity contribution in [2.75, 3.05) is 30.4 Å². The van der Waals surface area contributed by atoms with Crippen LogP contribution in [0.4, 0.5) is 11.4 Å². The summed E-state index contributed by atoms with van der Waals surface area (Å²) in [6.07, 6.45) is 0.358. The van der Waals surface area contributed by atoms with Gasteiger partial charge in [-0.05, 0) is 42.8 Å². The van der Waals surface area contributed by atoms with Crippen LogP contribution in [0.15, 0.2) is 36.4 Å². The molecule has 0 radical (unpaired) electrons. The summed E-state index contributed by atoms with van der Waals surface area (Å²) in [5.74, 6) is 1.43. The van der Waals surface area contributed by atoms with Crippen molar-refractivity contribution in [1.82, 2.24) is 0 Å². The predicted octanol–water partition coefficient (Wildman–Crippen LogP) is 3.86. The number of anilines is 2. The monoisotopic (exact) mass is 346 g/mol. The lowest BCUT2D eigenvalue weighted by Gasteiger charge is -2.19. The zero-order valence-electron chi connectivity index (χ0n) is 13.4. The van der Waals surface area contributed by atoms with E-state index >= 15 is 0 Å². The van der Waals surface area contributed by atoms with Crippen molar-refractivity contribution in [3.8, 4) is 11.5 Å². The fourth-order valence-electron chi connectivity index (χ4n) is 2.45.